The van der Waals surface area contributed by atoms with E-state index in [1.807, 2.05) is 19.1 Å². The second-order valence-electron chi connectivity index (χ2n) is 5.35. The Kier molecular flexibility index (Phi) is 5.28. The zero-order valence-electron chi connectivity index (χ0n) is 12.5. The van der Waals surface area contributed by atoms with Crippen LogP contribution in [0.1, 0.15) is 26.5 Å². The highest BCUT2D eigenvalue weighted by molar-refractivity contribution is 9.10. The van der Waals surface area contributed by atoms with Crippen molar-refractivity contribution in [1.82, 2.24) is 9.97 Å². The lowest BCUT2D eigenvalue weighted by atomic mass is 10.1. The summed E-state index contributed by atoms with van der Waals surface area (Å²) in [5.74, 6) is 1.52. The number of nitrogens with one attached hydrogen (secondary N) is 1. The molecule has 0 bridgehead atoms. The van der Waals surface area contributed by atoms with Crippen LogP contribution < -0.4 is 5.32 Å². The van der Waals surface area contributed by atoms with Crippen LogP contribution in [0.15, 0.2) is 28.7 Å². The van der Waals surface area contributed by atoms with Crippen LogP contribution in [-0.4, -0.2) is 16.5 Å². The molecule has 1 aromatic carbocycles. The monoisotopic (exact) mass is 351 g/mol. The Balaban J connectivity index is 2.47. The molecule has 0 aliphatic rings. The fourth-order valence-corrected chi connectivity index (χ4v) is 2.57. The molecule has 0 aliphatic carbocycles. The molecule has 112 valence electrons. The minimum Gasteiger partial charge on any atom is -0.370 e. The third-order valence-electron chi connectivity index (χ3n) is 2.88. The van der Waals surface area contributed by atoms with Gasteiger partial charge in [-0.15, -0.1) is 0 Å². The summed E-state index contributed by atoms with van der Waals surface area (Å²) in [5.41, 5.74) is 1.64. The highest BCUT2D eigenvalue weighted by Gasteiger charge is 2.10. The predicted octanol–water partition coefficient (Wildman–Crippen LogP) is 4.68. The average molecular weight is 352 g/mol. The van der Waals surface area contributed by atoms with E-state index in [-0.39, 0.29) is 5.82 Å². The molecule has 0 saturated heterocycles. The van der Waals surface area contributed by atoms with Crippen molar-refractivity contribution < 1.29 is 4.39 Å². The van der Waals surface area contributed by atoms with Crippen molar-refractivity contribution in [1.29, 1.82) is 0 Å². The van der Waals surface area contributed by atoms with Gasteiger partial charge in [0.15, 0.2) is 5.82 Å². The fraction of sp³-hybridized carbons (Fsp3) is 0.375. The van der Waals surface area contributed by atoms with Gasteiger partial charge < -0.3 is 5.32 Å². The summed E-state index contributed by atoms with van der Waals surface area (Å²) in [7, 11) is 0. The van der Waals surface area contributed by atoms with Gasteiger partial charge in [-0.05, 0) is 37.5 Å². The Bertz CT molecular complexity index is 609. The highest BCUT2D eigenvalue weighted by atomic mass is 79.9. The van der Waals surface area contributed by atoms with E-state index in [4.69, 9.17) is 0 Å². The van der Waals surface area contributed by atoms with Gasteiger partial charge in [0.1, 0.15) is 11.6 Å². The van der Waals surface area contributed by atoms with Gasteiger partial charge in [-0.2, -0.15) is 0 Å². The first-order valence-electron chi connectivity index (χ1n) is 7.06. The van der Waals surface area contributed by atoms with Crippen LogP contribution in [0.5, 0.6) is 0 Å². The van der Waals surface area contributed by atoms with Crippen LogP contribution in [-0.2, 0) is 6.42 Å². The summed E-state index contributed by atoms with van der Waals surface area (Å²) < 4.78 is 14.3. The van der Waals surface area contributed by atoms with E-state index in [2.05, 4.69) is 45.1 Å². The first-order valence-corrected chi connectivity index (χ1v) is 7.85. The van der Waals surface area contributed by atoms with Crippen molar-refractivity contribution in [3.05, 3.63) is 40.2 Å². The van der Waals surface area contributed by atoms with Crippen molar-refractivity contribution in [2.45, 2.75) is 27.2 Å². The van der Waals surface area contributed by atoms with Crippen LogP contribution in [0.3, 0.4) is 0 Å². The predicted molar refractivity (Wildman–Crippen MR) is 87.8 cm³/mol. The first-order chi connectivity index (χ1) is 9.97. The van der Waals surface area contributed by atoms with E-state index in [1.54, 1.807) is 0 Å². The Morgan fingerprint density at radius 1 is 1.19 bits per heavy atom. The number of rotatable bonds is 5. The molecule has 3 nitrogen and oxygen atoms in total. The van der Waals surface area contributed by atoms with Crippen molar-refractivity contribution in [3.63, 3.8) is 0 Å². The van der Waals surface area contributed by atoms with Gasteiger partial charge in [0.25, 0.3) is 0 Å². The van der Waals surface area contributed by atoms with E-state index in [0.717, 1.165) is 24.5 Å². The first kappa shape index (κ1) is 15.9. The second kappa shape index (κ2) is 6.98. The summed E-state index contributed by atoms with van der Waals surface area (Å²) in [6, 6.07) is 6.66. The number of benzene rings is 1. The fourth-order valence-electron chi connectivity index (χ4n) is 2.10. The standard InChI is InChI=1S/C16H19BrFN3/c1-4-19-15-9-14(5-10(2)3)20-16(21-15)11-6-12(17)8-13(18)7-11/h6-10H,4-5H2,1-3H3,(H,19,20,21). The van der Waals surface area contributed by atoms with Crippen LogP contribution in [0.25, 0.3) is 11.4 Å². The lowest BCUT2D eigenvalue weighted by molar-refractivity contribution is 0.626. The van der Waals surface area contributed by atoms with Gasteiger partial charge in [-0.3, -0.25) is 0 Å². The van der Waals surface area contributed by atoms with Crippen molar-refractivity contribution in [3.8, 4) is 11.4 Å². The van der Waals surface area contributed by atoms with E-state index in [9.17, 15) is 4.39 Å². The van der Waals surface area contributed by atoms with Crippen molar-refractivity contribution >= 4 is 21.7 Å². The molecule has 0 fully saturated rings. The Hall–Kier alpha value is -1.49. The van der Waals surface area contributed by atoms with Crippen LogP contribution >= 0.6 is 15.9 Å². The van der Waals surface area contributed by atoms with E-state index in [1.165, 1.54) is 12.1 Å². The maximum Gasteiger partial charge on any atom is 0.161 e. The summed E-state index contributed by atoms with van der Waals surface area (Å²) in [6.07, 6.45) is 0.865. The summed E-state index contributed by atoms with van der Waals surface area (Å²) in [4.78, 5) is 9.04. The molecule has 0 unspecified atom stereocenters. The van der Waals surface area contributed by atoms with Crippen molar-refractivity contribution in [2.75, 3.05) is 11.9 Å². The molecule has 2 rings (SSSR count). The molecule has 0 saturated carbocycles. The molecule has 0 atom stereocenters. The summed E-state index contributed by atoms with van der Waals surface area (Å²) in [6.45, 7) is 7.09. The number of aromatic nitrogens is 2. The maximum atomic E-state index is 13.6. The van der Waals surface area contributed by atoms with Gasteiger partial charge in [0, 0.05) is 28.3 Å². The van der Waals surface area contributed by atoms with Gasteiger partial charge in [-0.25, -0.2) is 14.4 Å². The van der Waals surface area contributed by atoms with Crippen LogP contribution in [0, 0.1) is 11.7 Å². The molecular formula is C16H19BrFN3. The van der Waals surface area contributed by atoms with E-state index >= 15 is 0 Å². The molecule has 1 heterocycles. The summed E-state index contributed by atoms with van der Waals surface area (Å²) in [5, 5.41) is 3.20. The van der Waals surface area contributed by atoms with Crippen LogP contribution in [0.4, 0.5) is 10.2 Å². The quantitative estimate of drug-likeness (QED) is 0.849. The van der Waals surface area contributed by atoms with E-state index < -0.39 is 0 Å². The van der Waals surface area contributed by atoms with Gasteiger partial charge in [0.2, 0.25) is 0 Å². The zero-order valence-corrected chi connectivity index (χ0v) is 14.0. The molecule has 5 heteroatoms. The number of hydrogen-bond donors (Lipinski definition) is 1. The minimum absolute atomic E-state index is 0.303. The largest absolute Gasteiger partial charge is 0.370 e. The SMILES string of the molecule is CCNc1cc(CC(C)C)nc(-c2cc(F)cc(Br)c2)n1. The lowest BCUT2D eigenvalue weighted by Crippen LogP contribution is -2.06. The topological polar surface area (TPSA) is 37.8 Å². The highest BCUT2D eigenvalue weighted by Crippen LogP contribution is 2.24. The second-order valence-corrected chi connectivity index (χ2v) is 6.27. The summed E-state index contributed by atoms with van der Waals surface area (Å²) >= 11 is 3.31. The Labute approximate surface area is 133 Å². The molecule has 1 N–H and O–H groups in total. The molecule has 0 aliphatic heterocycles. The minimum atomic E-state index is -0.303. The molecule has 2 aromatic rings. The molecule has 1 aromatic heterocycles. The molecule has 0 radical (unpaired) electrons. The zero-order chi connectivity index (χ0) is 15.4. The van der Waals surface area contributed by atoms with Crippen LogP contribution in [0.2, 0.25) is 0 Å². The average Bonchev–Trinajstić information content (AvgIpc) is 2.36. The van der Waals surface area contributed by atoms with Crippen molar-refractivity contribution in [2.24, 2.45) is 5.92 Å². The van der Waals surface area contributed by atoms with E-state index in [0.29, 0.717) is 21.8 Å². The van der Waals surface area contributed by atoms with Gasteiger partial charge >= 0.3 is 0 Å². The number of halogens is 2. The molecular weight excluding hydrogens is 333 g/mol. The maximum absolute atomic E-state index is 13.6. The molecule has 0 amide bonds. The van der Waals surface area contributed by atoms with Gasteiger partial charge in [0.05, 0.1) is 0 Å². The smallest absolute Gasteiger partial charge is 0.161 e. The number of hydrogen-bond acceptors (Lipinski definition) is 3. The van der Waals surface area contributed by atoms with Gasteiger partial charge in [-0.1, -0.05) is 29.8 Å². The lowest BCUT2D eigenvalue weighted by Gasteiger charge is -2.11. The third-order valence-corrected chi connectivity index (χ3v) is 3.33. The molecule has 21 heavy (non-hydrogen) atoms. The molecule has 0 spiro atoms. The third kappa shape index (κ3) is 4.49. The Morgan fingerprint density at radius 2 is 1.95 bits per heavy atom. The number of anilines is 1. The number of nitrogens with zero attached hydrogens (tertiary/aromatic N) is 2. The normalized spacial score (nSPS) is 11.0. The Morgan fingerprint density at radius 3 is 2.57 bits per heavy atom.